The predicted molar refractivity (Wildman–Crippen MR) is 128 cm³/mol. The highest BCUT2D eigenvalue weighted by Gasteiger charge is 2.11. The van der Waals surface area contributed by atoms with E-state index < -0.39 is 0 Å². The van der Waals surface area contributed by atoms with Crippen LogP contribution in [0.1, 0.15) is 38.2 Å². The van der Waals surface area contributed by atoms with Crippen LogP contribution in [0.15, 0.2) is 93.3 Å². The van der Waals surface area contributed by atoms with Crippen molar-refractivity contribution in [3.05, 3.63) is 78.4 Å². The van der Waals surface area contributed by atoms with E-state index in [9.17, 15) is 0 Å². The van der Waals surface area contributed by atoms with Crippen molar-refractivity contribution in [3.63, 3.8) is 0 Å². The van der Waals surface area contributed by atoms with Crippen LogP contribution < -0.4 is 4.90 Å². The van der Waals surface area contributed by atoms with Crippen molar-refractivity contribution < 1.29 is 0 Å². The van der Waals surface area contributed by atoms with Gasteiger partial charge in [0.2, 0.25) is 0 Å². The lowest BCUT2D eigenvalue weighted by Crippen LogP contribution is -2.17. The molecule has 0 N–H and O–H groups in total. The summed E-state index contributed by atoms with van der Waals surface area (Å²) in [5.41, 5.74) is 5.92. The Kier molecular flexibility index (Phi) is 7.16. The van der Waals surface area contributed by atoms with Crippen LogP contribution >= 0.6 is 0 Å². The third kappa shape index (κ3) is 6.07. The summed E-state index contributed by atoms with van der Waals surface area (Å²) in [6.07, 6.45) is 6.10. The van der Waals surface area contributed by atoms with Crippen LogP contribution in [0, 0.1) is 0 Å². The van der Waals surface area contributed by atoms with Gasteiger partial charge >= 0.3 is 0 Å². The SMILES string of the molecule is CCCCc1ccc(/N=N/c2ccc(/N=N/c3ccc(N4CCCC4)cc3)cc2)cc1. The van der Waals surface area contributed by atoms with E-state index in [2.05, 4.69) is 56.5 Å². The third-order valence-corrected chi connectivity index (χ3v) is 5.49. The minimum Gasteiger partial charge on any atom is -0.372 e. The molecule has 0 aliphatic carbocycles. The smallest absolute Gasteiger partial charge is 0.0858 e. The highest BCUT2D eigenvalue weighted by atomic mass is 15.1. The minimum atomic E-state index is 0.794. The average molecular weight is 412 g/mol. The molecule has 0 radical (unpaired) electrons. The van der Waals surface area contributed by atoms with Gasteiger partial charge in [0.05, 0.1) is 22.7 Å². The van der Waals surface area contributed by atoms with Gasteiger partial charge in [-0.25, -0.2) is 0 Å². The summed E-state index contributed by atoms with van der Waals surface area (Å²) in [5, 5.41) is 17.3. The van der Waals surface area contributed by atoms with Gasteiger partial charge in [0.25, 0.3) is 0 Å². The first-order valence-electron chi connectivity index (χ1n) is 11.2. The molecule has 158 valence electrons. The third-order valence-electron chi connectivity index (χ3n) is 5.49. The minimum absolute atomic E-state index is 0.794. The first-order chi connectivity index (χ1) is 15.3. The molecule has 0 amide bonds. The molecule has 3 aromatic carbocycles. The molecule has 3 aromatic rings. The molecular weight excluding hydrogens is 382 g/mol. The Labute approximate surface area is 184 Å². The summed E-state index contributed by atoms with van der Waals surface area (Å²) < 4.78 is 0. The topological polar surface area (TPSA) is 52.7 Å². The maximum absolute atomic E-state index is 4.35. The van der Waals surface area contributed by atoms with Crippen LogP contribution in [0.25, 0.3) is 0 Å². The van der Waals surface area contributed by atoms with Gasteiger partial charge in [-0.2, -0.15) is 20.5 Å². The number of anilines is 1. The molecular formula is C26H29N5. The Balaban J connectivity index is 1.33. The largest absolute Gasteiger partial charge is 0.372 e. The van der Waals surface area contributed by atoms with Crippen molar-refractivity contribution in [2.75, 3.05) is 18.0 Å². The van der Waals surface area contributed by atoms with Gasteiger partial charge in [-0.1, -0.05) is 25.5 Å². The van der Waals surface area contributed by atoms with Crippen LogP contribution in [0.3, 0.4) is 0 Å². The normalized spacial score (nSPS) is 14.2. The zero-order valence-corrected chi connectivity index (χ0v) is 18.1. The number of hydrogen-bond donors (Lipinski definition) is 0. The van der Waals surface area contributed by atoms with Gasteiger partial charge in [-0.15, -0.1) is 0 Å². The molecule has 5 heteroatoms. The molecule has 0 unspecified atom stereocenters. The van der Waals surface area contributed by atoms with E-state index >= 15 is 0 Å². The quantitative estimate of drug-likeness (QED) is 0.343. The summed E-state index contributed by atoms with van der Waals surface area (Å²) in [5.74, 6) is 0. The fraction of sp³-hybridized carbons (Fsp3) is 0.308. The number of hydrogen-bond acceptors (Lipinski definition) is 5. The lowest BCUT2D eigenvalue weighted by Gasteiger charge is -2.17. The summed E-state index contributed by atoms with van der Waals surface area (Å²) >= 11 is 0. The number of aryl methyl sites for hydroxylation is 1. The highest BCUT2D eigenvalue weighted by Crippen LogP contribution is 2.26. The molecule has 0 spiro atoms. The molecule has 1 fully saturated rings. The Morgan fingerprint density at radius 3 is 1.48 bits per heavy atom. The number of azo groups is 2. The van der Waals surface area contributed by atoms with Crippen molar-refractivity contribution in [3.8, 4) is 0 Å². The lowest BCUT2D eigenvalue weighted by molar-refractivity contribution is 0.795. The van der Waals surface area contributed by atoms with Crippen molar-refractivity contribution in [1.82, 2.24) is 0 Å². The van der Waals surface area contributed by atoms with Gasteiger partial charge in [0.15, 0.2) is 0 Å². The van der Waals surface area contributed by atoms with Gasteiger partial charge in [-0.05, 0) is 91.9 Å². The summed E-state index contributed by atoms with van der Waals surface area (Å²) in [6.45, 7) is 4.51. The Morgan fingerprint density at radius 1 is 0.613 bits per heavy atom. The standard InChI is InChI=1S/C26H29N5/c1-2-3-6-21-7-9-22(10-8-21)27-28-23-11-13-24(14-12-23)29-30-25-15-17-26(18-16-25)31-19-4-5-20-31/h7-18H,2-6,19-20H2,1H3/b28-27+,30-29+. The van der Waals surface area contributed by atoms with E-state index in [1.165, 1.54) is 36.9 Å². The number of benzene rings is 3. The number of unbranched alkanes of at least 4 members (excludes halogenated alkanes) is 1. The molecule has 0 aromatic heterocycles. The van der Waals surface area contributed by atoms with Crippen molar-refractivity contribution in [2.45, 2.75) is 39.0 Å². The molecule has 1 aliphatic rings. The molecule has 1 saturated heterocycles. The van der Waals surface area contributed by atoms with Crippen molar-refractivity contribution in [1.29, 1.82) is 0 Å². The van der Waals surface area contributed by atoms with Gasteiger partial charge < -0.3 is 4.90 Å². The zero-order chi connectivity index (χ0) is 21.3. The molecule has 4 rings (SSSR count). The summed E-state index contributed by atoms with van der Waals surface area (Å²) in [6, 6.07) is 24.2. The monoisotopic (exact) mass is 411 g/mol. The molecule has 1 aliphatic heterocycles. The first kappa shape index (κ1) is 20.9. The number of rotatable bonds is 8. The second-order valence-corrected chi connectivity index (χ2v) is 7.90. The lowest BCUT2D eigenvalue weighted by atomic mass is 10.1. The molecule has 0 bridgehead atoms. The van der Waals surface area contributed by atoms with Crippen LogP contribution in [0.5, 0.6) is 0 Å². The van der Waals surface area contributed by atoms with E-state index in [-0.39, 0.29) is 0 Å². The fourth-order valence-electron chi connectivity index (χ4n) is 3.63. The summed E-state index contributed by atoms with van der Waals surface area (Å²) in [4.78, 5) is 2.41. The van der Waals surface area contributed by atoms with E-state index in [0.717, 1.165) is 42.3 Å². The fourth-order valence-corrected chi connectivity index (χ4v) is 3.63. The maximum Gasteiger partial charge on any atom is 0.0858 e. The highest BCUT2D eigenvalue weighted by molar-refractivity contribution is 5.53. The first-order valence-corrected chi connectivity index (χ1v) is 11.2. The molecule has 5 nitrogen and oxygen atoms in total. The van der Waals surface area contributed by atoms with Crippen LogP contribution in [-0.4, -0.2) is 13.1 Å². The van der Waals surface area contributed by atoms with Crippen molar-refractivity contribution in [2.24, 2.45) is 20.5 Å². The van der Waals surface area contributed by atoms with E-state index in [0.29, 0.717) is 0 Å². The zero-order valence-electron chi connectivity index (χ0n) is 18.1. The predicted octanol–water partition coefficient (Wildman–Crippen LogP) is 8.46. The van der Waals surface area contributed by atoms with E-state index in [4.69, 9.17) is 0 Å². The Bertz CT molecular complexity index is 999. The van der Waals surface area contributed by atoms with Crippen molar-refractivity contribution >= 4 is 28.4 Å². The average Bonchev–Trinajstić information content (AvgIpc) is 3.37. The maximum atomic E-state index is 4.35. The van der Waals surface area contributed by atoms with Crippen LogP contribution in [0.2, 0.25) is 0 Å². The van der Waals surface area contributed by atoms with Crippen LogP contribution in [0.4, 0.5) is 28.4 Å². The summed E-state index contributed by atoms with van der Waals surface area (Å²) in [7, 11) is 0. The van der Waals surface area contributed by atoms with Crippen LogP contribution in [-0.2, 0) is 6.42 Å². The van der Waals surface area contributed by atoms with Gasteiger partial charge in [-0.3, -0.25) is 0 Å². The molecule has 0 saturated carbocycles. The van der Waals surface area contributed by atoms with E-state index in [1.54, 1.807) is 0 Å². The number of nitrogens with zero attached hydrogens (tertiary/aromatic N) is 5. The molecule has 0 atom stereocenters. The van der Waals surface area contributed by atoms with Gasteiger partial charge in [0.1, 0.15) is 0 Å². The Morgan fingerprint density at radius 2 is 1.03 bits per heavy atom. The second-order valence-electron chi connectivity index (χ2n) is 7.90. The molecule has 1 heterocycles. The van der Waals surface area contributed by atoms with Gasteiger partial charge in [0, 0.05) is 18.8 Å². The Hall–Kier alpha value is -3.34. The van der Waals surface area contributed by atoms with E-state index in [1.807, 2.05) is 48.5 Å². The second kappa shape index (κ2) is 10.6. The molecule has 31 heavy (non-hydrogen) atoms.